The van der Waals surface area contributed by atoms with Gasteiger partial charge in [-0.3, -0.25) is 9.20 Å². The zero-order valence-corrected chi connectivity index (χ0v) is 15.9. The van der Waals surface area contributed by atoms with E-state index < -0.39 is 0 Å². The molecule has 26 heavy (non-hydrogen) atoms. The highest BCUT2D eigenvalue weighted by Crippen LogP contribution is 2.36. The van der Waals surface area contributed by atoms with Crippen molar-refractivity contribution in [3.05, 3.63) is 52.7 Å². The van der Waals surface area contributed by atoms with E-state index in [0.717, 1.165) is 46.7 Å². The Bertz CT molecular complexity index is 982. The first kappa shape index (κ1) is 17.0. The molecule has 1 atom stereocenters. The van der Waals surface area contributed by atoms with Crippen LogP contribution in [0.4, 0.5) is 0 Å². The molecule has 0 fully saturated rings. The van der Waals surface area contributed by atoms with Crippen molar-refractivity contribution in [1.82, 2.24) is 9.38 Å². The number of benzene rings is 1. The number of hydrogen-bond acceptors (Lipinski definition) is 4. The van der Waals surface area contributed by atoms with E-state index in [2.05, 4.69) is 17.9 Å². The van der Waals surface area contributed by atoms with E-state index >= 15 is 0 Å². The van der Waals surface area contributed by atoms with Crippen LogP contribution in [0.25, 0.3) is 16.2 Å². The van der Waals surface area contributed by atoms with Gasteiger partial charge in [0.1, 0.15) is 23.7 Å². The normalized spacial score (nSPS) is 16.5. The van der Waals surface area contributed by atoms with Crippen LogP contribution < -0.4 is 4.74 Å². The molecule has 1 unspecified atom stereocenters. The summed E-state index contributed by atoms with van der Waals surface area (Å²) in [6.07, 6.45) is 4.21. The van der Waals surface area contributed by atoms with E-state index in [-0.39, 0.29) is 0 Å². The molecule has 0 N–H and O–H groups in total. The molecule has 2 aromatic heterocycles. The highest BCUT2D eigenvalue weighted by Gasteiger charge is 2.25. The SMILES string of the molecule is C=C(C)COc1ccc(-c2nc3sc4c(n3c2C=O)CCC(C)C4)cc1. The molecule has 2 heterocycles. The van der Waals surface area contributed by atoms with Crippen LogP contribution in [-0.4, -0.2) is 22.3 Å². The number of aromatic nitrogens is 2. The van der Waals surface area contributed by atoms with Gasteiger partial charge in [0.2, 0.25) is 0 Å². The molecule has 4 nitrogen and oxygen atoms in total. The van der Waals surface area contributed by atoms with Crippen molar-refractivity contribution in [2.75, 3.05) is 6.61 Å². The maximum atomic E-state index is 11.9. The number of carbonyl (C=O) groups is 1. The van der Waals surface area contributed by atoms with Gasteiger partial charge in [0, 0.05) is 16.1 Å². The van der Waals surface area contributed by atoms with E-state index in [1.165, 1.54) is 17.0 Å². The van der Waals surface area contributed by atoms with Crippen LogP contribution in [0.3, 0.4) is 0 Å². The van der Waals surface area contributed by atoms with Crippen molar-refractivity contribution in [3.63, 3.8) is 0 Å². The molecule has 4 rings (SSSR count). The topological polar surface area (TPSA) is 43.6 Å². The number of ether oxygens (including phenoxy) is 1. The van der Waals surface area contributed by atoms with Gasteiger partial charge >= 0.3 is 0 Å². The minimum absolute atomic E-state index is 0.504. The fraction of sp³-hybridized carbons (Fsp3) is 0.333. The molecule has 0 bridgehead atoms. The quantitative estimate of drug-likeness (QED) is 0.474. The smallest absolute Gasteiger partial charge is 0.195 e. The number of fused-ring (bicyclic) bond motifs is 3. The molecule has 0 spiro atoms. The van der Waals surface area contributed by atoms with Crippen molar-refractivity contribution < 1.29 is 9.53 Å². The molecule has 5 heteroatoms. The highest BCUT2D eigenvalue weighted by atomic mass is 32.1. The second-order valence-corrected chi connectivity index (χ2v) is 8.23. The van der Waals surface area contributed by atoms with Crippen LogP contribution >= 0.6 is 11.3 Å². The third-order valence-electron chi connectivity index (χ3n) is 4.82. The van der Waals surface area contributed by atoms with Gasteiger partial charge in [0.25, 0.3) is 0 Å². The number of aryl methyl sites for hydroxylation is 1. The lowest BCUT2D eigenvalue weighted by atomic mass is 9.93. The van der Waals surface area contributed by atoms with E-state index in [0.29, 0.717) is 18.2 Å². The molecule has 0 radical (unpaired) electrons. The van der Waals surface area contributed by atoms with Gasteiger partial charge in [-0.2, -0.15) is 0 Å². The molecule has 0 amide bonds. The summed E-state index contributed by atoms with van der Waals surface area (Å²) >= 11 is 1.72. The minimum atomic E-state index is 0.504. The van der Waals surface area contributed by atoms with Crippen LogP contribution in [-0.2, 0) is 12.8 Å². The highest BCUT2D eigenvalue weighted by molar-refractivity contribution is 7.17. The van der Waals surface area contributed by atoms with Gasteiger partial charge in [-0.25, -0.2) is 4.98 Å². The predicted molar refractivity (Wildman–Crippen MR) is 105 cm³/mol. The first-order valence-corrected chi connectivity index (χ1v) is 9.74. The van der Waals surface area contributed by atoms with Gasteiger partial charge < -0.3 is 4.74 Å². The molecule has 1 aromatic carbocycles. The molecule has 0 saturated carbocycles. The number of aldehydes is 1. The average Bonchev–Trinajstić information content (AvgIpc) is 3.15. The summed E-state index contributed by atoms with van der Waals surface area (Å²) in [7, 11) is 0. The minimum Gasteiger partial charge on any atom is -0.489 e. The summed E-state index contributed by atoms with van der Waals surface area (Å²) in [5.74, 6) is 1.49. The van der Waals surface area contributed by atoms with Crippen molar-refractivity contribution in [2.24, 2.45) is 5.92 Å². The Morgan fingerprint density at radius 1 is 1.42 bits per heavy atom. The predicted octanol–water partition coefficient (Wildman–Crippen LogP) is 4.96. The fourth-order valence-corrected chi connectivity index (χ4v) is 4.82. The van der Waals surface area contributed by atoms with Gasteiger partial charge in [-0.05, 0) is 61.9 Å². The molecular weight excluding hydrogens is 344 g/mol. The second-order valence-electron chi connectivity index (χ2n) is 7.17. The Labute approximate surface area is 157 Å². The van der Waals surface area contributed by atoms with Crippen LogP contribution in [0.2, 0.25) is 0 Å². The van der Waals surface area contributed by atoms with Crippen molar-refractivity contribution >= 4 is 22.6 Å². The summed E-state index contributed by atoms with van der Waals surface area (Å²) in [6, 6.07) is 7.75. The lowest BCUT2D eigenvalue weighted by Gasteiger charge is -2.17. The molecule has 134 valence electrons. The van der Waals surface area contributed by atoms with Crippen LogP contribution in [0.15, 0.2) is 36.4 Å². The van der Waals surface area contributed by atoms with E-state index in [1.807, 2.05) is 31.2 Å². The largest absolute Gasteiger partial charge is 0.489 e. The van der Waals surface area contributed by atoms with E-state index in [9.17, 15) is 4.79 Å². The van der Waals surface area contributed by atoms with Crippen LogP contribution in [0.1, 0.15) is 41.3 Å². The Hall–Kier alpha value is -2.40. The molecule has 1 aliphatic carbocycles. The Balaban J connectivity index is 1.72. The molecule has 0 saturated heterocycles. The molecule has 1 aliphatic rings. The number of nitrogens with zero attached hydrogens (tertiary/aromatic N) is 2. The lowest BCUT2D eigenvalue weighted by molar-refractivity contribution is 0.111. The molecule has 3 aromatic rings. The maximum absolute atomic E-state index is 11.9. The Morgan fingerprint density at radius 2 is 2.19 bits per heavy atom. The monoisotopic (exact) mass is 366 g/mol. The Morgan fingerprint density at radius 3 is 2.88 bits per heavy atom. The lowest BCUT2D eigenvalue weighted by Crippen LogP contribution is -2.11. The number of imidazole rings is 1. The van der Waals surface area contributed by atoms with Crippen molar-refractivity contribution in [2.45, 2.75) is 33.1 Å². The van der Waals surface area contributed by atoms with Gasteiger partial charge in [0.15, 0.2) is 11.2 Å². The number of rotatable bonds is 5. The maximum Gasteiger partial charge on any atom is 0.195 e. The number of hydrogen-bond donors (Lipinski definition) is 0. The summed E-state index contributed by atoms with van der Waals surface area (Å²) in [5, 5.41) is 0. The Kier molecular flexibility index (Phi) is 4.41. The van der Waals surface area contributed by atoms with Gasteiger partial charge in [0.05, 0.1) is 0 Å². The average molecular weight is 366 g/mol. The van der Waals surface area contributed by atoms with Crippen LogP contribution in [0, 0.1) is 5.92 Å². The summed E-state index contributed by atoms with van der Waals surface area (Å²) < 4.78 is 7.72. The van der Waals surface area contributed by atoms with Crippen molar-refractivity contribution in [1.29, 1.82) is 0 Å². The standard InChI is InChI=1S/C21H22N2O2S/c1-13(2)12-25-16-7-5-15(6-8-16)20-18(11-24)23-17-9-4-14(3)10-19(17)26-21(23)22-20/h5-8,11,14H,1,4,9-10,12H2,2-3H3. The zero-order valence-electron chi connectivity index (χ0n) is 15.1. The third kappa shape index (κ3) is 2.97. The van der Waals surface area contributed by atoms with E-state index in [4.69, 9.17) is 9.72 Å². The number of thiazole rings is 1. The van der Waals surface area contributed by atoms with E-state index in [1.54, 1.807) is 11.3 Å². The van der Waals surface area contributed by atoms with Crippen molar-refractivity contribution in [3.8, 4) is 17.0 Å². The first-order valence-electron chi connectivity index (χ1n) is 8.92. The zero-order chi connectivity index (χ0) is 18.3. The molecule has 0 aliphatic heterocycles. The molecular formula is C21H22N2O2S. The summed E-state index contributed by atoms with van der Waals surface area (Å²) in [5.41, 5.74) is 4.58. The second kappa shape index (κ2) is 6.72. The first-order chi connectivity index (χ1) is 12.6. The summed E-state index contributed by atoms with van der Waals surface area (Å²) in [6.45, 7) is 8.57. The van der Waals surface area contributed by atoms with Gasteiger partial charge in [-0.15, -0.1) is 11.3 Å². The van der Waals surface area contributed by atoms with Gasteiger partial charge in [-0.1, -0.05) is 13.5 Å². The number of carbonyl (C=O) groups excluding carboxylic acids is 1. The third-order valence-corrected chi connectivity index (χ3v) is 5.93. The summed E-state index contributed by atoms with van der Waals surface area (Å²) in [4.78, 5) is 19.0. The fourth-order valence-electron chi connectivity index (χ4n) is 3.48. The van der Waals surface area contributed by atoms with Crippen LogP contribution in [0.5, 0.6) is 5.75 Å².